The summed E-state index contributed by atoms with van der Waals surface area (Å²) in [4.78, 5) is 16.0. The van der Waals surface area contributed by atoms with Gasteiger partial charge in [0, 0.05) is 5.56 Å². The van der Waals surface area contributed by atoms with Gasteiger partial charge in [0.2, 0.25) is 0 Å². The van der Waals surface area contributed by atoms with Crippen LogP contribution < -0.4 is 0 Å². The van der Waals surface area contributed by atoms with Gasteiger partial charge in [-0.05, 0) is 126 Å². The van der Waals surface area contributed by atoms with E-state index >= 15 is 0 Å². The fourth-order valence-corrected chi connectivity index (χ4v) is 8.09. The van der Waals surface area contributed by atoms with Crippen LogP contribution in [0.15, 0.2) is 118 Å². The number of ketones is 1. The molecule has 0 saturated heterocycles. The predicted molar refractivity (Wildman–Crippen MR) is 153 cm³/mol. The topological polar surface area (TPSA) is 17.1 Å². The molecule has 0 saturated carbocycles. The van der Waals surface area contributed by atoms with E-state index in [4.69, 9.17) is 0 Å². The summed E-state index contributed by atoms with van der Waals surface area (Å²) in [6, 6.07) is 38.0. The number of hydrogen-bond donors (Lipinski definition) is 0. The summed E-state index contributed by atoms with van der Waals surface area (Å²) in [5.74, 6) is 0.118. The van der Waals surface area contributed by atoms with Gasteiger partial charge in [0.1, 0.15) is 0 Å². The second-order valence-corrected chi connectivity index (χ2v) is 12.2. The van der Waals surface area contributed by atoms with E-state index in [2.05, 4.69) is 104 Å². The van der Waals surface area contributed by atoms with Crippen LogP contribution in [0.3, 0.4) is 0 Å². The Balaban J connectivity index is 1.32. The Bertz CT molecular complexity index is 1710. The lowest BCUT2D eigenvalue weighted by Gasteiger charge is -2.11. The molecule has 2 heteroatoms. The van der Waals surface area contributed by atoms with Crippen molar-refractivity contribution in [3.05, 3.63) is 137 Å². The number of Topliss-reactive ketones (excluding diaryl/α,β-unsaturated/α-hetero) is 1. The third-order valence-electron chi connectivity index (χ3n) is 7.72. The van der Waals surface area contributed by atoms with Crippen molar-refractivity contribution in [1.82, 2.24) is 0 Å². The third-order valence-corrected chi connectivity index (χ3v) is 9.92. The first-order valence-electron chi connectivity index (χ1n) is 12.8. The number of benzene rings is 5. The van der Waals surface area contributed by atoms with E-state index in [-0.39, 0.29) is 16.7 Å². The quantitative estimate of drug-likeness (QED) is 0.177. The molecular formula is C35H27OS+. The van der Waals surface area contributed by atoms with E-state index in [0.29, 0.717) is 0 Å². The first-order valence-corrected chi connectivity index (χ1v) is 14.1. The minimum atomic E-state index is -0.200. The molecule has 5 aromatic rings. The van der Waals surface area contributed by atoms with E-state index in [9.17, 15) is 4.79 Å². The molecule has 0 fully saturated rings. The van der Waals surface area contributed by atoms with E-state index in [1.54, 1.807) is 6.92 Å². The summed E-state index contributed by atoms with van der Waals surface area (Å²) in [6.45, 7) is 3.82. The molecule has 1 nitrogen and oxygen atoms in total. The molecule has 0 spiro atoms. The van der Waals surface area contributed by atoms with Crippen molar-refractivity contribution in [2.45, 2.75) is 41.4 Å². The van der Waals surface area contributed by atoms with Gasteiger partial charge in [0.25, 0.3) is 0 Å². The molecule has 178 valence electrons. The molecule has 1 atom stereocenters. The van der Waals surface area contributed by atoms with Crippen LogP contribution in [0.1, 0.15) is 45.1 Å². The molecule has 37 heavy (non-hydrogen) atoms. The van der Waals surface area contributed by atoms with Crippen molar-refractivity contribution in [2.24, 2.45) is 0 Å². The van der Waals surface area contributed by atoms with Crippen molar-refractivity contribution in [1.29, 1.82) is 0 Å². The first-order chi connectivity index (χ1) is 18.0. The van der Waals surface area contributed by atoms with Gasteiger partial charge in [-0.2, -0.15) is 0 Å². The summed E-state index contributed by atoms with van der Waals surface area (Å²) in [7, 11) is -0.200. The van der Waals surface area contributed by atoms with Crippen LogP contribution >= 0.6 is 0 Å². The number of fused-ring (bicyclic) bond motifs is 6. The van der Waals surface area contributed by atoms with Gasteiger partial charge >= 0.3 is 0 Å². The van der Waals surface area contributed by atoms with Crippen molar-refractivity contribution in [2.75, 3.05) is 0 Å². The molecule has 0 heterocycles. The zero-order valence-corrected chi connectivity index (χ0v) is 21.9. The average molecular weight is 496 g/mol. The van der Waals surface area contributed by atoms with Crippen molar-refractivity contribution in [3.8, 4) is 22.3 Å². The number of carbonyl (C=O) groups is 1. The van der Waals surface area contributed by atoms with E-state index < -0.39 is 0 Å². The minimum Gasteiger partial charge on any atom is -0.295 e. The largest absolute Gasteiger partial charge is 0.295 e. The minimum absolute atomic E-state index is 0.118. The fraction of sp³-hybridized carbons (Fsp3) is 0.114. The lowest BCUT2D eigenvalue weighted by atomic mass is 10.0. The SMILES string of the molecule is CC(=O)c1ccc2c(c1)-c1ccc([S+](c3ccccc3)c3ccc4c(c3)Cc3cc(C)ccc3-4)cc1C2. The van der Waals surface area contributed by atoms with Crippen LogP contribution in [0, 0.1) is 6.92 Å². The summed E-state index contributed by atoms with van der Waals surface area (Å²) >= 11 is 0. The molecule has 5 aromatic carbocycles. The highest BCUT2D eigenvalue weighted by Crippen LogP contribution is 2.43. The van der Waals surface area contributed by atoms with Gasteiger partial charge in [0.15, 0.2) is 20.5 Å². The van der Waals surface area contributed by atoms with E-state index in [0.717, 1.165) is 18.4 Å². The maximum atomic E-state index is 12.0. The number of carbonyl (C=O) groups excluding carboxylic acids is 1. The lowest BCUT2D eigenvalue weighted by molar-refractivity contribution is 0.101. The Morgan fingerprint density at radius 1 is 0.568 bits per heavy atom. The highest BCUT2D eigenvalue weighted by Gasteiger charge is 2.32. The highest BCUT2D eigenvalue weighted by atomic mass is 32.2. The van der Waals surface area contributed by atoms with Gasteiger partial charge in [-0.15, -0.1) is 0 Å². The van der Waals surface area contributed by atoms with E-state index in [1.165, 1.54) is 64.8 Å². The van der Waals surface area contributed by atoms with Crippen molar-refractivity contribution in [3.63, 3.8) is 0 Å². The molecule has 0 aliphatic heterocycles. The monoisotopic (exact) mass is 495 g/mol. The highest BCUT2D eigenvalue weighted by molar-refractivity contribution is 7.97. The van der Waals surface area contributed by atoms with Crippen molar-refractivity contribution < 1.29 is 4.79 Å². The molecule has 1 unspecified atom stereocenters. The Hall–Kier alpha value is -3.88. The molecule has 0 amide bonds. The van der Waals surface area contributed by atoms with Crippen LogP contribution in [-0.2, 0) is 23.7 Å². The maximum Gasteiger partial charge on any atom is 0.166 e. The number of rotatable bonds is 4. The number of hydrogen-bond acceptors (Lipinski definition) is 1. The Morgan fingerprint density at radius 3 is 1.84 bits per heavy atom. The Labute approximate surface area is 221 Å². The van der Waals surface area contributed by atoms with Crippen LogP contribution in [0.2, 0.25) is 0 Å². The molecular weight excluding hydrogens is 468 g/mol. The first kappa shape index (κ1) is 22.3. The van der Waals surface area contributed by atoms with Gasteiger partial charge in [-0.3, -0.25) is 4.79 Å². The molecule has 0 bridgehead atoms. The normalized spacial score (nSPS) is 13.5. The van der Waals surface area contributed by atoms with Crippen LogP contribution in [0.4, 0.5) is 0 Å². The summed E-state index contributed by atoms with van der Waals surface area (Å²) in [6.07, 6.45) is 1.92. The molecule has 2 aliphatic carbocycles. The lowest BCUT2D eigenvalue weighted by Crippen LogP contribution is -2.06. The molecule has 0 radical (unpaired) electrons. The number of aryl methyl sites for hydroxylation is 1. The van der Waals surface area contributed by atoms with E-state index in [1.807, 2.05) is 6.07 Å². The second-order valence-electron chi connectivity index (χ2n) is 10.2. The van der Waals surface area contributed by atoms with Gasteiger partial charge < -0.3 is 0 Å². The standard InChI is InChI=1S/C35H27OS/c1-22-8-13-32-26(16-22)18-28-20-30(11-14-33(28)32)37(29-6-4-3-5-7-29)31-12-15-34-27(19-31)17-25-10-9-24(23(2)36)21-35(25)34/h3-16,19-21H,17-18H2,1-2H3/q+1. The Kier molecular flexibility index (Phi) is 5.19. The van der Waals surface area contributed by atoms with Crippen LogP contribution in [-0.4, -0.2) is 5.78 Å². The summed E-state index contributed by atoms with van der Waals surface area (Å²) in [5, 5.41) is 0. The second kappa shape index (κ2) is 8.61. The fourth-order valence-electron chi connectivity index (χ4n) is 5.92. The molecule has 2 aliphatic rings. The van der Waals surface area contributed by atoms with Crippen LogP contribution in [0.25, 0.3) is 22.3 Å². The zero-order chi connectivity index (χ0) is 25.1. The third kappa shape index (κ3) is 3.75. The van der Waals surface area contributed by atoms with Gasteiger partial charge in [0.05, 0.1) is 10.9 Å². The summed E-state index contributed by atoms with van der Waals surface area (Å²) in [5.41, 5.74) is 12.9. The van der Waals surface area contributed by atoms with Crippen LogP contribution in [0.5, 0.6) is 0 Å². The smallest absolute Gasteiger partial charge is 0.166 e. The molecule has 0 aromatic heterocycles. The zero-order valence-electron chi connectivity index (χ0n) is 21.0. The van der Waals surface area contributed by atoms with Gasteiger partial charge in [-0.1, -0.05) is 54.1 Å². The maximum absolute atomic E-state index is 12.0. The van der Waals surface area contributed by atoms with Gasteiger partial charge in [-0.25, -0.2) is 0 Å². The predicted octanol–water partition coefficient (Wildman–Crippen LogP) is 8.44. The van der Waals surface area contributed by atoms with Crippen molar-refractivity contribution >= 4 is 16.7 Å². The average Bonchev–Trinajstić information content (AvgIpc) is 3.45. The Morgan fingerprint density at radius 2 is 1.16 bits per heavy atom. The summed E-state index contributed by atoms with van der Waals surface area (Å²) < 4.78 is 0. The molecule has 7 rings (SSSR count). The molecule has 0 N–H and O–H groups in total.